The number of nitrogens with one attached hydrogen (secondary N) is 5. The molecule has 2 saturated heterocycles. The standard InChI is InChI=1S/C58H79N11O7S2/c1-39-35-60-56(65-53(39)62-44-17-16-18-47(33-44)78(75,76)66-58(6,7)8)63-43-25-27-45(28-26-43)67-29-31-68(32-30-67)50(72)20-15-13-11-9-10-12-14-19-49(71)64-52(57(3,4)5)55(74)69-37-46(70)34-48(69)54(73)59-36-41-21-23-42(24-22-41)51-40(2)61-38-77-51/h16-18,21-28,33,35,38,46,48,52,66,70H,9-15,19-20,29-32,34,36-37H2,1-8H3,(H,59,73)(H,64,71)(H2,60,62,63,65)/t46-,48+,52-/m1/s1. The Morgan fingerprint density at radius 2 is 1.46 bits per heavy atom. The van der Waals surface area contributed by atoms with Crippen molar-refractivity contribution in [2.75, 3.05) is 48.3 Å². The number of β-amino-alcohol motifs (C(OH)–C–C–N with tert-alkyl or cyclic N) is 1. The summed E-state index contributed by atoms with van der Waals surface area (Å²) in [5, 5.41) is 23.1. The number of sulfonamides is 1. The minimum absolute atomic E-state index is 0.0225. The Bertz CT molecular complexity index is 2950. The predicted octanol–water partition coefficient (Wildman–Crippen LogP) is 8.75. The number of amides is 4. The first-order valence-electron chi connectivity index (χ1n) is 27.2. The largest absolute Gasteiger partial charge is 0.391 e. The number of carbonyl (C=O) groups is 4. The highest BCUT2D eigenvalue weighted by atomic mass is 32.2. The average molecular weight is 1110 g/mol. The Kier molecular flexibility index (Phi) is 20.1. The van der Waals surface area contributed by atoms with Gasteiger partial charge in [0.15, 0.2) is 0 Å². The van der Waals surface area contributed by atoms with Gasteiger partial charge in [-0.3, -0.25) is 19.2 Å². The number of likely N-dealkylation sites (tertiary alicyclic amines) is 1. The molecule has 5 aromatic rings. The van der Waals surface area contributed by atoms with Gasteiger partial charge < -0.3 is 41.1 Å². The second kappa shape index (κ2) is 26.4. The van der Waals surface area contributed by atoms with Crippen LogP contribution in [0.5, 0.6) is 0 Å². The maximum absolute atomic E-state index is 14.1. The molecule has 0 bridgehead atoms. The molecular formula is C58H79N11O7S2. The summed E-state index contributed by atoms with van der Waals surface area (Å²) in [5.74, 6) is 0.200. The molecule has 2 aliphatic heterocycles. The van der Waals surface area contributed by atoms with Crippen molar-refractivity contribution in [2.45, 2.75) is 155 Å². The second-order valence-corrected chi connectivity index (χ2v) is 25.2. The van der Waals surface area contributed by atoms with E-state index in [9.17, 15) is 32.7 Å². The van der Waals surface area contributed by atoms with Crippen LogP contribution in [0.3, 0.4) is 0 Å². The third kappa shape index (κ3) is 16.8. The summed E-state index contributed by atoms with van der Waals surface area (Å²) in [5.41, 5.74) is 6.75. The summed E-state index contributed by atoms with van der Waals surface area (Å²) in [7, 11) is -3.72. The first kappa shape index (κ1) is 59.2. The summed E-state index contributed by atoms with van der Waals surface area (Å²) >= 11 is 1.58. The molecule has 2 aliphatic rings. The van der Waals surface area contributed by atoms with E-state index in [4.69, 9.17) is 0 Å². The fourth-order valence-electron chi connectivity index (χ4n) is 9.68. The van der Waals surface area contributed by atoms with E-state index in [2.05, 4.69) is 45.8 Å². The topological polar surface area (TPSA) is 231 Å². The maximum Gasteiger partial charge on any atom is 0.246 e. The number of carbonyl (C=O) groups excluding carboxylic acids is 4. The van der Waals surface area contributed by atoms with Gasteiger partial charge in [-0.1, -0.05) is 83.2 Å². The van der Waals surface area contributed by atoms with Crippen LogP contribution in [0.4, 0.5) is 28.8 Å². The third-order valence-corrected chi connectivity index (χ3v) is 16.7. The van der Waals surface area contributed by atoms with E-state index in [0.29, 0.717) is 43.4 Å². The van der Waals surface area contributed by atoms with Gasteiger partial charge in [-0.2, -0.15) is 4.98 Å². The molecule has 0 unspecified atom stereocenters. The van der Waals surface area contributed by atoms with E-state index in [1.54, 1.807) is 62.6 Å². The highest BCUT2D eigenvalue weighted by Gasteiger charge is 2.44. The van der Waals surface area contributed by atoms with E-state index in [1.165, 1.54) is 4.90 Å². The number of piperazine rings is 1. The normalized spacial score (nSPS) is 16.4. The molecule has 0 saturated carbocycles. The lowest BCUT2D eigenvalue weighted by Gasteiger charge is -2.36. The van der Waals surface area contributed by atoms with Crippen molar-refractivity contribution in [1.29, 1.82) is 0 Å². The van der Waals surface area contributed by atoms with Crippen molar-refractivity contribution in [2.24, 2.45) is 5.41 Å². The van der Waals surface area contributed by atoms with Crippen LogP contribution >= 0.6 is 11.3 Å². The molecule has 3 aromatic carbocycles. The molecule has 2 fully saturated rings. The number of nitrogens with zero attached hydrogens (tertiary/aromatic N) is 6. The molecule has 20 heteroatoms. The quantitative estimate of drug-likeness (QED) is 0.0337. The first-order chi connectivity index (χ1) is 37.0. The van der Waals surface area contributed by atoms with Crippen LogP contribution < -0.4 is 30.9 Å². The molecule has 420 valence electrons. The van der Waals surface area contributed by atoms with Crippen LogP contribution in [0.25, 0.3) is 10.4 Å². The minimum atomic E-state index is -3.72. The summed E-state index contributed by atoms with van der Waals surface area (Å²) in [6.07, 6.45) is 8.18. The van der Waals surface area contributed by atoms with Crippen molar-refractivity contribution in [3.05, 3.63) is 101 Å². The number of aromatic nitrogens is 3. The van der Waals surface area contributed by atoms with E-state index in [-0.39, 0.29) is 54.5 Å². The zero-order valence-corrected chi connectivity index (χ0v) is 48.2. The van der Waals surface area contributed by atoms with E-state index < -0.39 is 39.2 Å². The number of thiazole rings is 1. The lowest BCUT2D eigenvalue weighted by Crippen LogP contribution is -2.57. The highest BCUT2D eigenvalue weighted by Crippen LogP contribution is 2.30. The van der Waals surface area contributed by atoms with Crippen molar-refractivity contribution >= 4 is 73.8 Å². The Labute approximate surface area is 464 Å². The van der Waals surface area contributed by atoms with Gasteiger partial charge in [-0.05, 0) is 106 Å². The van der Waals surface area contributed by atoms with Crippen LogP contribution in [0.15, 0.2) is 89.4 Å². The minimum Gasteiger partial charge on any atom is -0.391 e. The molecule has 78 heavy (non-hydrogen) atoms. The van der Waals surface area contributed by atoms with Gasteiger partial charge in [0.1, 0.15) is 17.9 Å². The molecule has 6 N–H and O–H groups in total. The van der Waals surface area contributed by atoms with Crippen LogP contribution in [0, 0.1) is 19.3 Å². The Morgan fingerprint density at radius 3 is 2.10 bits per heavy atom. The Morgan fingerprint density at radius 1 is 0.795 bits per heavy atom. The molecule has 2 aromatic heterocycles. The lowest BCUT2D eigenvalue weighted by molar-refractivity contribution is -0.144. The fourth-order valence-corrected chi connectivity index (χ4v) is 12.0. The van der Waals surface area contributed by atoms with Crippen LogP contribution in [0.2, 0.25) is 0 Å². The Hall–Kier alpha value is -6.48. The van der Waals surface area contributed by atoms with Gasteiger partial charge in [0.05, 0.1) is 27.1 Å². The van der Waals surface area contributed by atoms with Crippen LogP contribution in [0.1, 0.15) is 123 Å². The summed E-state index contributed by atoms with van der Waals surface area (Å²) in [4.78, 5) is 74.3. The molecule has 0 spiro atoms. The van der Waals surface area contributed by atoms with E-state index in [1.807, 2.05) is 93.6 Å². The van der Waals surface area contributed by atoms with Gasteiger partial charge >= 0.3 is 0 Å². The highest BCUT2D eigenvalue weighted by molar-refractivity contribution is 7.89. The molecule has 4 amide bonds. The number of hydrogen-bond donors (Lipinski definition) is 6. The smallest absolute Gasteiger partial charge is 0.246 e. The van der Waals surface area contributed by atoms with Crippen molar-refractivity contribution in [1.82, 2.24) is 40.1 Å². The van der Waals surface area contributed by atoms with Crippen LogP contribution in [-0.2, 0) is 35.7 Å². The fraction of sp³-hybridized carbons (Fsp3) is 0.500. The first-order valence-corrected chi connectivity index (χ1v) is 29.6. The second-order valence-electron chi connectivity index (χ2n) is 22.7. The molecular weight excluding hydrogens is 1030 g/mol. The summed E-state index contributed by atoms with van der Waals surface area (Å²) < 4.78 is 28.6. The van der Waals surface area contributed by atoms with E-state index in [0.717, 1.165) is 90.3 Å². The van der Waals surface area contributed by atoms with Gasteiger partial charge in [0, 0.05) is 92.9 Å². The number of rotatable bonds is 23. The molecule has 4 heterocycles. The summed E-state index contributed by atoms with van der Waals surface area (Å²) in [6.45, 7) is 18.0. The number of hydrogen-bond acceptors (Lipinski definition) is 14. The monoisotopic (exact) mass is 1110 g/mol. The number of aliphatic hydroxyl groups is 1. The van der Waals surface area contributed by atoms with Gasteiger partial charge in [-0.15, -0.1) is 11.3 Å². The zero-order chi connectivity index (χ0) is 56.2. The molecule has 7 rings (SSSR count). The summed E-state index contributed by atoms with van der Waals surface area (Å²) in [6, 6.07) is 20.8. The van der Waals surface area contributed by atoms with Gasteiger partial charge in [0.2, 0.25) is 39.6 Å². The number of anilines is 5. The number of unbranched alkanes of at least 4 members (excludes halogenated alkanes) is 6. The molecule has 0 radical (unpaired) electrons. The maximum atomic E-state index is 14.1. The van der Waals surface area contributed by atoms with Crippen LogP contribution in [-0.4, -0.2) is 118 Å². The SMILES string of the molecule is Cc1cnc(Nc2ccc(N3CCN(C(=O)CCCCCCCCCC(=O)N[C@H](C(=O)N4C[C@H](O)C[C@H]4C(=O)NCc4ccc(-c5scnc5C)cc4)C(C)(C)C)CC3)cc2)nc1Nc1cccc(S(=O)(=O)NC(C)(C)C)c1. The molecule has 3 atom stereocenters. The van der Waals surface area contributed by atoms with Gasteiger partial charge in [-0.25, -0.2) is 23.1 Å². The average Bonchev–Trinajstić information content (AvgIpc) is 4.02. The number of aliphatic hydroxyl groups excluding tert-OH is 1. The lowest BCUT2D eigenvalue weighted by atomic mass is 9.85. The zero-order valence-electron chi connectivity index (χ0n) is 46.5. The third-order valence-electron chi connectivity index (χ3n) is 13.9. The van der Waals surface area contributed by atoms with Crippen molar-refractivity contribution in [3.63, 3.8) is 0 Å². The van der Waals surface area contributed by atoms with Crippen molar-refractivity contribution < 1.29 is 32.7 Å². The Balaban J connectivity index is 0.757. The molecule has 18 nitrogen and oxygen atoms in total. The van der Waals surface area contributed by atoms with Gasteiger partial charge in [0.25, 0.3) is 0 Å². The molecule has 0 aliphatic carbocycles. The number of aryl methyl sites for hydroxylation is 2. The predicted molar refractivity (Wildman–Crippen MR) is 308 cm³/mol. The number of benzene rings is 3. The van der Waals surface area contributed by atoms with E-state index >= 15 is 0 Å². The van der Waals surface area contributed by atoms with Crippen molar-refractivity contribution in [3.8, 4) is 10.4 Å².